The van der Waals surface area contributed by atoms with Crippen molar-refractivity contribution in [2.45, 2.75) is 46.1 Å². The van der Waals surface area contributed by atoms with Crippen molar-refractivity contribution in [1.82, 2.24) is 16.0 Å². The highest BCUT2D eigenvalue weighted by Gasteiger charge is 2.37. The zero-order chi connectivity index (χ0) is 19.7. The van der Waals surface area contributed by atoms with Crippen LogP contribution in [0.1, 0.15) is 45.1 Å². The van der Waals surface area contributed by atoms with Gasteiger partial charge in [-0.2, -0.15) is 0 Å². The van der Waals surface area contributed by atoms with Gasteiger partial charge in [0.05, 0.1) is 13.7 Å². The average Bonchev–Trinajstić information content (AvgIpc) is 2.64. The Bertz CT molecular complexity index is 628. The van der Waals surface area contributed by atoms with Crippen LogP contribution >= 0.6 is 24.0 Å². The van der Waals surface area contributed by atoms with Gasteiger partial charge in [0.15, 0.2) is 5.96 Å². The van der Waals surface area contributed by atoms with E-state index in [2.05, 4.69) is 34.8 Å². The van der Waals surface area contributed by atoms with Crippen molar-refractivity contribution in [2.24, 2.45) is 16.3 Å². The van der Waals surface area contributed by atoms with Gasteiger partial charge in [0, 0.05) is 20.1 Å². The first-order valence-corrected chi connectivity index (χ1v) is 9.80. The molecule has 0 atom stereocenters. The summed E-state index contributed by atoms with van der Waals surface area (Å²) in [5.74, 6) is 2.13. The van der Waals surface area contributed by atoms with E-state index in [-0.39, 0.29) is 36.4 Å². The molecular formula is C21H35IN4O2. The minimum Gasteiger partial charge on any atom is -0.497 e. The van der Waals surface area contributed by atoms with E-state index in [1.807, 2.05) is 24.3 Å². The van der Waals surface area contributed by atoms with E-state index in [4.69, 9.17) is 4.74 Å². The van der Waals surface area contributed by atoms with E-state index >= 15 is 0 Å². The number of carbonyl (C=O) groups excluding carboxylic acids is 1. The Labute approximate surface area is 186 Å². The number of benzene rings is 1. The van der Waals surface area contributed by atoms with Gasteiger partial charge >= 0.3 is 0 Å². The molecule has 6 nitrogen and oxygen atoms in total. The molecule has 0 radical (unpaired) electrons. The van der Waals surface area contributed by atoms with Crippen LogP contribution in [0.3, 0.4) is 0 Å². The van der Waals surface area contributed by atoms with Crippen LogP contribution in [0.25, 0.3) is 0 Å². The first-order chi connectivity index (χ1) is 13.0. The fourth-order valence-corrected chi connectivity index (χ4v) is 3.66. The number of nitrogens with zero attached hydrogens (tertiary/aromatic N) is 1. The maximum absolute atomic E-state index is 12.1. The molecule has 0 aromatic heterocycles. The highest BCUT2D eigenvalue weighted by atomic mass is 127. The zero-order valence-corrected chi connectivity index (χ0v) is 19.8. The molecule has 0 spiro atoms. The van der Waals surface area contributed by atoms with Crippen molar-refractivity contribution in [3.05, 3.63) is 29.8 Å². The molecule has 3 N–H and O–H groups in total. The molecular weight excluding hydrogens is 467 g/mol. The molecule has 0 aliphatic heterocycles. The number of nitrogens with one attached hydrogen (secondary N) is 3. The molecule has 2 rings (SSSR count). The number of aliphatic imine (C=N–C) groups is 1. The SMILES string of the molecule is CN=C(NCC(=O)NCc1ccc(OC)cc1)NCC1(CC(C)C)CCC1.I. The van der Waals surface area contributed by atoms with Gasteiger partial charge in [0.1, 0.15) is 5.75 Å². The highest BCUT2D eigenvalue weighted by molar-refractivity contribution is 14.0. The lowest BCUT2D eigenvalue weighted by Crippen LogP contribution is -2.48. The average molecular weight is 502 g/mol. The summed E-state index contributed by atoms with van der Waals surface area (Å²) in [5, 5.41) is 9.42. The molecule has 28 heavy (non-hydrogen) atoms. The van der Waals surface area contributed by atoms with Crippen molar-refractivity contribution in [1.29, 1.82) is 0 Å². The number of halogens is 1. The molecule has 7 heteroatoms. The number of guanidine groups is 1. The third kappa shape index (κ3) is 7.85. The maximum Gasteiger partial charge on any atom is 0.239 e. The highest BCUT2D eigenvalue weighted by Crippen LogP contribution is 2.45. The summed E-state index contributed by atoms with van der Waals surface area (Å²) < 4.78 is 5.13. The Morgan fingerprint density at radius 2 is 1.86 bits per heavy atom. The Balaban J connectivity index is 0.00000392. The number of carbonyl (C=O) groups is 1. The summed E-state index contributed by atoms with van der Waals surface area (Å²) in [6.07, 6.45) is 5.10. The first-order valence-electron chi connectivity index (χ1n) is 9.80. The summed E-state index contributed by atoms with van der Waals surface area (Å²) in [5.41, 5.74) is 1.43. The topological polar surface area (TPSA) is 74.8 Å². The van der Waals surface area contributed by atoms with Crippen LogP contribution in [0.2, 0.25) is 0 Å². The van der Waals surface area contributed by atoms with Gasteiger partial charge in [-0.25, -0.2) is 0 Å². The van der Waals surface area contributed by atoms with E-state index in [9.17, 15) is 4.79 Å². The molecule has 0 bridgehead atoms. The molecule has 1 fully saturated rings. The van der Waals surface area contributed by atoms with E-state index in [0.29, 0.717) is 23.8 Å². The molecule has 1 aromatic carbocycles. The number of ether oxygens (including phenoxy) is 1. The number of rotatable bonds is 9. The molecule has 158 valence electrons. The Morgan fingerprint density at radius 1 is 1.18 bits per heavy atom. The van der Waals surface area contributed by atoms with Crippen molar-refractivity contribution < 1.29 is 9.53 Å². The van der Waals surface area contributed by atoms with Crippen LogP contribution in [-0.4, -0.2) is 39.1 Å². The van der Waals surface area contributed by atoms with Crippen LogP contribution in [0, 0.1) is 11.3 Å². The third-order valence-electron chi connectivity index (χ3n) is 5.18. The number of methoxy groups -OCH3 is 1. The molecule has 0 heterocycles. The van der Waals surface area contributed by atoms with Gasteiger partial charge < -0.3 is 20.7 Å². The van der Waals surface area contributed by atoms with Gasteiger partial charge in [-0.05, 0) is 48.3 Å². The molecule has 1 amide bonds. The fourth-order valence-electron chi connectivity index (χ4n) is 3.66. The van der Waals surface area contributed by atoms with Crippen molar-refractivity contribution in [3.63, 3.8) is 0 Å². The number of hydrogen-bond donors (Lipinski definition) is 3. The lowest BCUT2D eigenvalue weighted by molar-refractivity contribution is -0.120. The lowest BCUT2D eigenvalue weighted by atomic mass is 9.64. The molecule has 1 aliphatic rings. The second-order valence-corrected chi connectivity index (χ2v) is 7.86. The van der Waals surface area contributed by atoms with Gasteiger partial charge in [0.2, 0.25) is 5.91 Å². The van der Waals surface area contributed by atoms with Crippen LogP contribution in [-0.2, 0) is 11.3 Å². The minimum absolute atomic E-state index is 0. The summed E-state index contributed by atoms with van der Waals surface area (Å²) in [4.78, 5) is 16.3. The number of hydrogen-bond acceptors (Lipinski definition) is 3. The van der Waals surface area contributed by atoms with Crippen LogP contribution < -0.4 is 20.7 Å². The van der Waals surface area contributed by atoms with E-state index in [1.54, 1.807) is 14.2 Å². The second-order valence-electron chi connectivity index (χ2n) is 7.86. The van der Waals surface area contributed by atoms with E-state index in [1.165, 1.54) is 25.7 Å². The van der Waals surface area contributed by atoms with Crippen molar-refractivity contribution in [2.75, 3.05) is 27.2 Å². The predicted molar refractivity (Wildman–Crippen MR) is 125 cm³/mol. The second kappa shape index (κ2) is 12.1. The largest absolute Gasteiger partial charge is 0.497 e. The summed E-state index contributed by atoms with van der Waals surface area (Å²) in [6.45, 7) is 6.17. The van der Waals surface area contributed by atoms with Crippen LogP contribution in [0.15, 0.2) is 29.3 Å². The van der Waals surface area contributed by atoms with E-state index in [0.717, 1.165) is 17.9 Å². The first kappa shape index (κ1) is 24.5. The molecule has 0 saturated heterocycles. The van der Waals surface area contributed by atoms with Crippen LogP contribution in [0.5, 0.6) is 5.75 Å². The number of amides is 1. The van der Waals surface area contributed by atoms with Gasteiger partial charge in [0.25, 0.3) is 0 Å². The van der Waals surface area contributed by atoms with E-state index < -0.39 is 0 Å². The monoisotopic (exact) mass is 502 g/mol. The van der Waals surface area contributed by atoms with Gasteiger partial charge in [-0.15, -0.1) is 24.0 Å². The van der Waals surface area contributed by atoms with Crippen molar-refractivity contribution >= 4 is 35.8 Å². The van der Waals surface area contributed by atoms with Gasteiger partial charge in [-0.1, -0.05) is 32.4 Å². The van der Waals surface area contributed by atoms with Gasteiger partial charge in [-0.3, -0.25) is 9.79 Å². The zero-order valence-electron chi connectivity index (χ0n) is 17.5. The molecule has 0 unspecified atom stereocenters. The van der Waals surface area contributed by atoms with Crippen LogP contribution in [0.4, 0.5) is 0 Å². The Hall–Kier alpha value is -1.51. The standard InChI is InChI=1S/C21H34N4O2.HI/c1-16(2)12-21(10-5-11-21)15-25-20(22-3)24-14-19(26)23-13-17-6-8-18(27-4)9-7-17;/h6-9,16H,5,10-15H2,1-4H3,(H,23,26)(H2,22,24,25);1H. The Kier molecular flexibility index (Phi) is 10.6. The predicted octanol–water partition coefficient (Wildman–Crippen LogP) is 3.31. The smallest absolute Gasteiger partial charge is 0.239 e. The molecule has 1 saturated carbocycles. The summed E-state index contributed by atoms with van der Waals surface area (Å²) >= 11 is 0. The quantitative estimate of drug-likeness (QED) is 0.275. The Morgan fingerprint density at radius 3 is 2.36 bits per heavy atom. The molecule has 1 aliphatic carbocycles. The normalized spacial score (nSPS) is 15.2. The molecule has 1 aromatic rings. The summed E-state index contributed by atoms with van der Waals surface area (Å²) in [6, 6.07) is 7.66. The minimum atomic E-state index is -0.0608. The van der Waals surface area contributed by atoms with Crippen molar-refractivity contribution in [3.8, 4) is 5.75 Å². The third-order valence-corrected chi connectivity index (χ3v) is 5.18. The maximum atomic E-state index is 12.1. The fraction of sp³-hybridized carbons (Fsp3) is 0.619. The summed E-state index contributed by atoms with van der Waals surface area (Å²) in [7, 11) is 3.37. The lowest BCUT2D eigenvalue weighted by Gasteiger charge is -2.43.